The molecule has 1 heterocycles. The third-order valence-electron chi connectivity index (χ3n) is 5.28. The molecule has 0 unspecified atom stereocenters. The Morgan fingerprint density at radius 1 is 0.974 bits per heavy atom. The summed E-state index contributed by atoms with van der Waals surface area (Å²) >= 11 is 6.00. The van der Waals surface area contributed by atoms with Crippen LogP contribution in [0, 0.1) is 3.57 Å². The van der Waals surface area contributed by atoms with Crippen LogP contribution in [0.15, 0.2) is 71.8 Å². The van der Waals surface area contributed by atoms with Crippen LogP contribution in [0.4, 0.5) is 5.69 Å². The maximum atomic E-state index is 12.3. The number of anilines is 1. The number of rotatable bonds is 12. The number of hydrogen-bond donors (Lipinski definition) is 2. The number of nitrogens with one attached hydrogen (secondary N) is 2. The Balaban J connectivity index is 1.28. The molecule has 1 aliphatic rings. The molecule has 39 heavy (non-hydrogen) atoms. The number of hydrazone groups is 1. The van der Waals surface area contributed by atoms with Crippen molar-refractivity contribution in [1.29, 1.82) is 0 Å². The van der Waals surface area contributed by atoms with Gasteiger partial charge in [0.05, 0.1) is 21.0 Å². The summed E-state index contributed by atoms with van der Waals surface area (Å²) in [5, 5.41) is 6.83. The highest BCUT2D eigenvalue weighted by Gasteiger charge is 2.18. The molecule has 0 bridgehead atoms. The minimum Gasteiger partial charge on any atom is -0.490 e. The average Bonchev–Trinajstić information content (AvgIpc) is 3.48. The van der Waals surface area contributed by atoms with Crippen molar-refractivity contribution in [3.63, 3.8) is 0 Å². The summed E-state index contributed by atoms with van der Waals surface area (Å²) < 4.78 is 18.3. The minimum absolute atomic E-state index is 0.150. The Hall–Kier alpha value is -2.90. The summed E-state index contributed by atoms with van der Waals surface area (Å²) in [6, 6.07) is 20.6. The topological polar surface area (TPSA) is 98.2 Å². The van der Waals surface area contributed by atoms with Gasteiger partial charge in [-0.15, -0.1) is 23.5 Å². The first kappa shape index (κ1) is 29.1. The number of carbonyl (C=O) groups excluding carboxylic acids is 2. The molecule has 2 amide bonds. The third-order valence-corrected chi connectivity index (χ3v) is 9.19. The van der Waals surface area contributed by atoms with E-state index in [2.05, 4.69) is 38.4 Å². The summed E-state index contributed by atoms with van der Waals surface area (Å²) in [5.41, 5.74) is 5.13. The number of nitrogens with zero attached hydrogens (tertiary/aromatic N) is 1. The Morgan fingerprint density at radius 3 is 2.41 bits per heavy atom. The molecule has 3 aromatic rings. The Labute approximate surface area is 249 Å². The maximum Gasteiger partial charge on any atom is 0.277 e. The monoisotopic (exact) mass is 677 g/mol. The van der Waals surface area contributed by atoms with Gasteiger partial charge in [0.2, 0.25) is 0 Å². The fourth-order valence-electron chi connectivity index (χ4n) is 3.55. The molecule has 11 heteroatoms. The Morgan fingerprint density at radius 2 is 1.69 bits per heavy atom. The normalized spacial score (nSPS) is 13.3. The number of halogens is 1. The van der Waals surface area contributed by atoms with Crippen molar-refractivity contribution in [3.05, 3.63) is 81.4 Å². The van der Waals surface area contributed by atoms with Crippen LogP contribution < -0.4 is 25.0 Å². The predicted octanol–water partition coefficient (Wildman–Crippen LogP) is 5.72. The second-order valence-electron chi connectivity index (χ2n) is 8.19. The second kappa shape index (κ2) is 15.0. The van der Waals surface area contributed by atoms with E-state index in [0.717, 1.165) is 3.57 Å². The lowest BCUT2D eigenvalue weighted by Crippen LogP contribution is -2.24. The van der Waals surface area contributed by atoms with Gasteiger partial charge >= 0.3 is 0 Å². The van der Waals surface area contributed by atoms with Crippen molar-refractivity contribution < 1.29 is 23.8 Å². The lowest BCUT2D eigenvalue weighted by Gasteiger charge is -2.14. The standard InChI is InChI=1S/C28H28IN3O5S2/c1-2-35-24-15-19(14-23(29)27(24)37-17-25(33)31-21-6-4-3-5-7-21)16-30-32-26(34)18-36-22-10-8-20(9-11-22)28-38-12-13-39-28/h3-11,14-16,28H,2,12-13,17-18H2,1H3,(H,31,33)(H,32,34)/b30-16-. The van der Waals surface area contributed by atoms with Gasteiger partial charge in [-0.25, -0.2) is 5.43 Å². The van der Waals surface area contributed by atoms with Crippen molar-refractivity contribution in [2.45, 2.75) is 11.5 Å². The largest absolute Gasteiger partial charge is 0.490 e. The van der Waals surface area contributed by atoms with Crippen LogP contribution in [-0.2, 0) is 9.59 Å². The van der Waals surface area contributed by atoms with Crippen LogP contribution in [-0.4, -0.2) is 49.4 Å². The lowest BCUT2D eigenvalue weighted by atomic mass is 10.2. The van der Waals surface area contributed by atoms with E-state index in [-0.39, 0.29) is 25.0 Å². The van der Waals surface area contributed by atoms with Crippen LogP contribution in [0.1, 0.15) is 22.6 Å². The van der Waals surface area contributed by atoms with Gasteiger partial charge in [0.25, 0.3) is 11.8 Å². The zero-order valence-corrected chi connectivity index (χ0v) is 25.0. The van der Waals surface area contributed by atoms with Gasteiger partial charge in [0.1, 0.15) is 5.75 Å². The fraction of sp³-hybridized carbons (Fsp3) is 0.250. The zero-order chi connectivity index (χ0) is 27.5. The summed E-state index contributed by atoms with van der Waals surface area (Å²) in [7, 11) is 0. The number of carbonyl (C=O) groups is 2. The van der Waals surface area contributed by atoms with Gasteiger partial charge in [-0.2, -0.15) is 5.10 Å². The number of benzene rings is 3. The fourth-order valence-corrected chi connectivity index (χ4v) is 7.19. The highest BCUT2D eigenvalue weighted by atomic mass is 127. The molecule has 1 fully saturated rings. The summed E-state index contributed by atoms with van der Waals surface area (Å²) in [6.45, 7) is 1.95. The molecule has 4 rings (SSSR count). The quantitative estimate of drug-likeness (QED) is 0.144. The molecule has 0 aromatic heterocycles. The van der Waals surface area contributed by atoms with Gasteiger partial charge in [-0.05, 0) is 77.0 Å². The zero-order valence-electron chi connectivity index (χ0n) is 21.2. The molecule has 2 N–H and O–H groups in total. The van der Waals surface area contributed by atoms with Crippen molar-refractivity contribution in [2.24, 2.45) is 5.10 Å². The first-order valence-electron chi connectivity index (χ1n) is 12.2. The molecule has 0 radical (unpaired) electrons. The summed E-state index contributed by atoms with van der Waals surface area (Å²) in [4.78, 5) is 24.5. The van der Waals surface area contributed by atoms with Gasteiger partial charge in [-0.1, -0.05) is 30.3 Å². The van der Waals surface area contributed by atoms with Gasteiger partial charge < -0.3 is 19.5 Å². The molecular formula is C28H28IN3O5S2. The van der Waals surface area contributed by atoms with Crippen LogP contribution >= 0.6 is 46.1 Å². The summed E-state index contributed by atoms with van der Waals surface area (Å²) in [5.74, 6) is 3.27. The molecule has 1 saturated heterocycles. The van der Waals surface area contributed by atoms with Crippen LogP contribution in [0.5, 0.6) is 17.2 Å². The van der Waals surface area contributed by atoms with E-state index in [1.165, 1.54) is 23.3 Å². The molecule has 0 spiro atoms. The molecule has 3 aromatic carbocycles. The number of amides is 2. The molecule has 1 aliphatic heterocycles. The van der Waals surface area contributed by atoms with E-state index in [1.807, 2.05) is 79.0 Å². The van der Waals surface area contributed by atoms with Gasteiger partial charge in [0.15, 0.2) is 24.7 Å². The molecular weight excluding hydrogens is 649 g/mol. The van der Waals surface area contributed by atoms with Crippen molar-refractivity contribution in [1.82, 2.24) is 5.43 Å². The first-order valence-corrected chi connectivity index (χ1v) is 15.4. The molecule has 8 nitrogen and oxygen atoms in total. The van der Waals surface area contributed by atoms with E-state index in [4.69, 9.17) is 14.2 Å². The van der Waals surface area contributed by atoms with Crippen LogP contribution in [0.3, 0.4) is 0 Å². The lowest BCUT2D eigenvalue weighted by molar-refractivity contribution is -0.123. The number of ether oxygens (including phenoxy) is 3. The molecule has 0 aliphatic carbocycles. The average molecular weight is 678 g/mol. The molecule has 0 saturated carbocycles. The van der Waals surface area contributed by atoms with E-state index >= 15 is 0 Å². The van der Waals surface area contributed by atoms with E-state index in [0.29, 0.717) is 39.7 Å². The third kappa shape index (κ3) is 9.07. The number of thioether (sulfide) groups is 2. The van der Waals surface area contributed by atoms with E-state index in [1.54, 1.807) is 18.2 Å². The highest BCUT2D eigenvalue weighted by Crippen LogP contribution is 2.45. The van der Waals surface area contributed by atoms with Gasteiger partial charge in [-0.3, -0.25) is 9.59 Å². The first-order chi connectivity index (χ1) is 19.0. The highest BCUT2D eigenvalue weighted by molar-refractivity contribution is 14.1. The number of para-hydroxylation sites is 1. The smallest absolute Gasteiger partial charge is 0.277 e. The molecule has 204 valence electrons. The molecule has 0 atom stereocenters. The van der Waals surface area contributed by atoms with Crippen molar-refractivity contribution in [3.8, 4) is 17.2 Å². The van der Waals surface area contributed by atoms with Crippen LogP contribution in [0.25, 0.3) is 0 Å². The SMILES string of the molecule is CCOc1cc(/C=N\NC(=O)COc2ccc(C3SCCS3)cc2)cc(I)c1OCC(=O)Nc1ccccc1. The van der Waals surface area contributed by atoms with Crippen molar-refractivity contribution in [2.75, 3.05) is 36.6 Å². The second-order valence-corrected chi connectivity index (χ2v) is 12.1. The minimum atomic E-state index is -0.374. The Kier molecular flexibility index (Phi) is 11.2. The Bertz CT molecular complexity index is 1290. The van der Waals surface area contributed by atoms with E-state index in [9.17, 15) is 9.59 Å². The van der Waals surface area contributed by atoms with Crippen LogP contribution in [0.2, 0.25) is 0 Å². The van der Waals surface area contributed by atoms with E-state index < -0.39 is 0 Å². The maximum absolute atomic E-state index is 12.3. The van der Waals surface area contributed by atoms with Gasteiger partial charge in [0, 0.05) is 17.2 Å². The summed E-state index contributed by atoms with van der Waals surface area (Å²) in [6.07, 6.45) is 1.51. The predicted molar refractivity (Wildman–Crippen MR) is 166 cm³/mol. The van der Waals surface area contributed by atoms with Crippen molar-refractivity contribution >= 4 is 69.8 Å². The number of hydrogen-bond acceptors (Lipinski definition) is 8.